The average molecular weight is 407 g/mol. The van der Waals surface area contributed by atoms with Crippen molar-refractivity contribution in [2.45, 2.75) is 56.5 Å². The molecule has 9 heteroatoms. The summed E-state index contributed by atoms with van der Waals surface area (Å²) in [5.41, 5.74) is 0.156. The van der Waals surface area contributed by atoms with Gasteiger partial charge in [0.1, 0.15) is 0 Å². The summed E-state index contributed by atoms with van der Waals surface area (Å²) < 4.78 is 31.5. The predicted molar refractivity (Wildman–Crippen MR) is 102 cm³/mol. The lowest BCUT2D eigenvalue weighted by molar-refractivity contribution is -0.140. The van der Waals surface area contributed by atoms with Crippen LogP contribution >= 0.6 is 0 Å². The fourth-order valence-electron chi connectivity index (χ4n) is 3.29. The van der Waals surface area contributed by atoms with Crippen LogP contribution in [0.25, 0.3) is 0 Å². The highest BCUT2D eigenvalue weighted by atomic mass is 32.2. The number of sulfonamides is 1. The lowest BCUT2D eigenvalue weighted by Crippen LogP contribution is -2.49. The summed E-state index contributed by atoms with van der Waals surface area (Å²) in [5, 5.41) is 8.47. The van der Waals surface area contributed by atoms with Crippen LogP contribution in [0.3, 0.4) is 0 Å². The third-order valence-electron chi connectivity index (χ3n) is 4.74. The summed E-state index contributed by atoms with van der Waals surface area (Å²) in [6.45, 7) is 3.64. The van der Waals surface area contributed by atoms with E-state index in [1.807, 2.05) is 19.9 Å². The SMILES string of the molecule is C[C@@H]1CCC[C@@H](C)N1C(=O)COC(=O)c1ccc(S(=O)(=O)NCCC#N)cc1. The number of likely N-dealkylation sites (tertiary alicyclic amines) is 1. The molecule has 0 aromatic heterocycles. The van der Waals surface area contributed by atoms with Gasteiger partial charge in [-0.2, -0.15) is 5.26 Å². The Kier molecular flexibility index (Phi) is 7.54. The second-order valence-corrected chi connectivity index (χ2v) is 8.60. The molecule has 0 aliphatic carbocycles. The highest BCUT2D eigenvalue weighted by Gasteiger charge is 2.29. The molecule has 0 radical (unpaired) electrons. The zero-order chi connectivity index (χ0) is 20.7. The van der Waals surface area contributed by atoms with Gasteiger partial charge in [-0.05, 0) is 57.4 Å². The minimum atomic E-state index is -3.74. The molecule has 1 amide bonds. The molecule has 1 aromatic rings. The maximum atomic E-state index is 12.4. The lowest BCUT2D eigenvalue weighted by Gasteiger charge is -2.38. The number of hydrogen-bond acceptors (Lipinski definition) is 6. The molecule has 0 spiro atoms. The van der Waals surface area contributed by atoms with Crippen LogP contribution in [0.4, 0.5) is 0 Å². The number of nitrogens with one attached hydrogen (secondary N) is 1. The first-order chi connectivity index (χ1) is 13.3. The summed E-state index contributed by atoms with van der Waals surface area (Å²) in [6.07, 6.45) is 3.00. The average Bonchev–Trinajstić information content (AvgIpc) is 2.66. The predicted octanol–water partition coefficient (Wildman–Crippen LogP) is 1.82. The summed E-state index contributed by atoms with van der Waals surface area (Å²) >= 11 is 0. The largest absolute Gasteiger partial charge is 0.452 e. The summed E-state index contributed by atoms with van der Waals surface area (Å²) in [4.78, 5) is 26.3. The van der Waals surface area contributed by atoms with Gasteiger partial charge in [0.05, 0.1) is 16.5 Å². The van der Waals surface area contributed by atoms with Crippen molar-refractivity contribution in [3.63, 3.8) is 0 Å². The zero-order valence-electron chi connectivity index (χ0n) is 16.1. The van der Waals surface area contributed by atoms with Gasteiger partial charge in [0, 0.05) is 25.0 Å². The van der Waals surface area contributed by atoms with Gasteiger partial charge in [-0.15, -0.1) is 0 Å². The van der Waals surface area contributed by atoms with Crippen LogP contribution < -0.4 is 4.72 Å². The molecule has 152 valence electrons. The molecule has 1 N–H and O–H groups in total. The van der Waals surface area contributed by atoms with E-state index in [2.05, 4.69) is 4.72 Å². The van der Waals surface area contributed by atoms with Crippen LogP contribution in [0, 0.1) is 11.3 Å². The Morgan fingerprint density at radius 1 is 1.21 bits per heavy atom. The standard InChI is InChI=1S/C19H25N3O5S/c1-14-5-3-6-15(2)22(14)18(23)13-27-19(24)16-7-9-17(10-8-16)28(25,26)21-12-4-11-20/h7-10,14-15,21H,3-6,12-13H2,1-2H3/t14-,15-/m1/s1. The molecule has 1 heterocycles. The van der Waals surface area contributed by atoms with Gasteiger partial charge >= 0.3 is 5.97 Å². The number of nitriles is 1. The third kappa shape index (κ3) is 5.53. The molecule has 1 aromatic carbocycles. The van der Waals surface area contributed by atoms with E-state index in [1.54, 1.807) is 4.90 Å². The quantitative estimate of drug-likeness (QED) is 0.544. The number of piperidine rings is 1. The smallest absolute Gasteiger partial charge is 0.338 e. The van der Waals surface area contributed by atoms with E-state index in [9.17, 15) is 18.0 Å². The number of amides is 1. The number of carbonyl (C=O) groups is 2. The molecule has 1 aliphatic heterocycles. The first-order valence-corrected chi connectivity index (χ1v) is 10.7. The molecule has 1 aliphatic rings. The lowest BCUT2D eigenvalue weighted by atomic mass is 9.97. The van der Waals surface area contributed by atoms with Gasteiger partial charge in [0.15, 0.2) is 6.61 Å². The van der Waals surface area contributed by atoms with Crippen molar-refractivity contribution in [3.05, 3.63) is 29.8 Å². The molecule has 0 saturated carbocycles. The van der Waals surface area contributed by atoms with Gasteiger partial charge < -0.3 is 9.64 Å². The third-order valence-corrected chi connectivity index (χ3v) is 6.21. The summed E-state index contributed by atoms with van der Waals surface area (Å²) in [6, 6.07) is 7.31. The first kappa shape index (κ1) is 21.9. The van der Waals surface area contributed by atoms with Gasteiger partial charge in [-0.3, -0.25) is 4.79 Å². The number of esters is 1. The molecule has 1 saturated heterocycles. The number of benzene rings is 1. The van der Waals surface area contributed by atoms with Crippen molar-refractivity contribution in [2.24, 2.45) is 0 Å². The van der Waals surface area contributed by atoms with E-state index in [0.717, 1.165) is 19.3 Å². The van der Waals surface area contributed by atoms with E-state index in [-0.39, 0.29) is 48.0 Å². The Morgan fingerprint density at radius 2 is 1.82 bits per heavy atom. The zero-order valence-corrected chi connectivity index (χ0v) is 16.9. The van der Waals surface area contributed by atoms with E-state index < -0.39 is 16.0 Å². The molecule has 2 atom stereocenters. The van der Waals surface area contributed by atoms with E-state index in [1.165, 1.54) is 24.3 Å². The van der Waals surface area contributed by atoms with Gasteiger partial charge in [-0.25, -0.2) is 17.9 Å². The van der Waals surface area contributed by atoms with Crippen LogP contribution in [0.5, 0.6) is 0 Å². The molecule has 0 unspecified atom stereocenters. The molecule has 1 fully saturated rings. The highest BCUT2D eigenvalue weighted by molar-refractivity contribution is 7.89. The van der Waals surface area contributed by atoms with Gasteiger partial charge in [-0.1, -0.05) is 0 Å². The van der Waals surface area contributed by atoms with Crippen LogP contribution in [-0.4, -0.2) is 50.4 Å². The van der Waals surface area contributed by atoms with Crippen LogP contribution in [0.1, 0.15) is 49.9 Å². The van der Waals surface area contributed by atoms with Crippen molar-refractivity contribution < 1.29 is 22.7 Å². The second kappa shape index (κ2) is 9.66. The Hall–Kier alpha value is -2.44. The maximum absolute atomic E-state index is 12.4. The number of carbonyl (C=O) groups excluding carboxylic acids is 2. The maximum Gasteiger partial charge on any atom is 0.338 e. The van der Waals surface area contributed by atoms with E-state index in [0.29, 0.717) is 0 Å². The molecular weight excluding hydrogens is 382 g/mol. The first-order valence-electron chi connectivity index (χ1n) is 9.21. The molecule has 2 rings (SSSR count). The summed E-state index contributed by atoms with van der Waals surface area (Å²) in [7, 11) is -3.74. The number of nitrogens with zero attached hydrogens (tertiary/aromatic N) is 2. The Bertz CT molecular complexity index is 835. The Morgan fingerprint density at radius 3 is 2.39 bits per heavy atom. The van der Waals surface area contributed by atoms with Crippen molar-refractivity contribution in [1.29, 1.82) is 5.26 Å². The normalized spacial score (nSPS) is 19.7. The van der Waals surface area contributed by atoms with Gasteiger partial charge in [0.25, 0.3) is 5.91 Å². The van der Waals surface area contributed by atoms with E-state index >= 15 is 0 Å². The van der Waals surface area contributed by atoms with Crippen LogP contribution in [0.2, 0.25) is 0 Å². The Balaban J connectivity index is 1.94. The van der Waals surface area contributed by atoms with Crippen molar-refractivity contribution in [3.8, 4) is 6.07 Å². The molecule has 8 nitrogen and oxygen atoms in total. The fourth-order valence-corrected chi connectivity index (χ4v) is 4.32. The minimum Gasteiger partial charge on any atom is -0.452 e. The van der Waals surface area contributed by atoms with Crippen molar-refractivity contribution in [1.82, 2.24) is 9.62 Å². The van der Waals surface area contributed by atoms with Crippen molar-refractivity contribution in [2.75, 3.05) is 13.2 Å². The number of hydrogen-bond donors (Lipinski definition) is 1. The minimum absolute atomic E-state index is 0.0120. The molecular formula is C19H25N3O5S. The van der Waals surface area contributed by atoms with E-state index in [4.69, 9.17) is 10.00 Å². The molecule has 28 heavy (non-hydrogen) atoms. The molecule has 0 bridgehead atoms. The number of rotatable bonds is 7. The Labute approximate surface area is 165 Å². The topological polar surface area (TPSA) is 117 Å². The number of ether oxygens (including phenoxy) is 1. The van der Waals surface area contributed by atoms with Crippen molar-refractivity contribution >= 4 is 21.9 Å². The second-order valence-electron chi connectivity index (χ2n) is 6.84. The van der Waals surface area contributed by atoms with Crippen LogP contribution in [0.15, 0.2) is 29.2 Å². The summed E-state index contributed by atoms with van der Waals surface area (Å²) in [5.74, 6) is -0.916. The fraction of sp³-hybridized carbons (Fsp3) is 0.526. The monoisotopic (exact) mass is 407 g/mol. The van der Waals surface area contributed by atoms with Crippen LogP contribution in [-0.2, 0) is 19.6 Å². The van der Waals surface area contributed by atoms with Gasteiger partial charge in [0.2, 0.25) is 10.0 Å². The highest BCUT2D eigenvalue weighted by Crippen LogP contribution is 2.22.